The zero-order chi connectivity index (χ0) is 10.1. The second-order valence-corrected chi connectivity index (χ2v) is 3.49. The number of pyridine rings is 1. The number of nitrogens with zero attached hydrogens (tertiary/aromatic N) is 3. The van der Waals surface area contributed by atoms with Crippen LogP contribution in [0.4, 0.5) is 0 Å². The van der Waals surface area contributed by atoms with E-state index in [0.717, 1.165) is 12.1 Å². The van der Waals surface area contributed by atoms with Gasteiger partial charge in [-0.1, -0.05) is 13.8 Å². The third kappa shape index (κ3) is 1.19. The van der Waals surface area contributed by atoms with Crippen molar-refractivity contribution < 1.29 is 4.79 Å². The van der Waals surface area contributed by atoms with Crippen LogP contribution in [0, 0.1) is 0 Å². The maximum absolute atomic E-state index is 10.7. The van der Waals surface area contributed by atoms with Gasteiger partial charge in [0.1, 0.15) is 5.82 Å². The fraction of sp³-hybridized carbons (Fsp3) is 0.300. The highest BCUT2D eigenvalue weighted by Crippen LogP contribution is 2.14. The Labute approximate surface area is 81.6 Å². The van der Waals surface area contributed by atoms with Crippen molar-refractivity contribution in [2.45, 2.75) is 19.8 Å². The van der Waals surface area contributed by atoms with Gasteiger partial charge in [-0.25, -0.2) is 0 Å². The van der Waals surface area contributed by atoms with E-state index in [2.05, 4.69) is 10.2 Å². The Balaban J connectivity index is 2.75. The van der Waals surface area contributed by atoms with Crippen LogP contribution in [0.25, 0.3) is 5.65 Å². The molecule has 0 atom stereocenters. The first-order valence-electron chi connectivity index (χ1n) is 4.53. The van der Waals surface area contributed by atoms with E-state index in [-0.39, 0.29) is 0 Å². The highest BCUT2D eigenvalue weighted by molar-refractivity contribution is 5.83. The highest BCUT2D eigenvalue weighted by Gasteiger charge is 2.10. The smallest absolute Gasteiger partial charge is 0.171 e. The average molecular weight is 189 g/mol. The molecule has 2 rings (SSSR count). The molecule has 0 amide bonds. The molecule has 0 spiro atoms. The van der Waals surface area contributed by atoms with Crippen molar-refractivity contribution in [2.24, 2.45) is 0 Å². The summed E-state index contributed by atoms with van der Waals surface area (Å²) in [6.45, 7) is 4.09. The molecule has 0 bridgehead atoms. The second kappa shape index (κ2) is 3.21. The van der Waals surface area contributed by atoms with E-state index >= 15 is 0 Å². The van der Waals surface area contributed by atoms with Gasteiger partial charge in [0, 0.05) is 12.1 Å². The minimum atomic E-state index is 0.298. The summed E-state index contributed by atoms with van der Waals surface area (Å²) < 4.78 is 1.86. The average Bonchev–Trinajstić information content (AvgIpc) is 2.60. The van der Waals surface area contributed by atoms with Crippen molar-refractivity contribution in [3.05, 3.63) is 29.7 Å². The molecule has 0 saturated heterocycles. The van der Waals surface area contributed by atoms with Gasteiger partial charge >= 0.3 is 0 Å². The summed E-state index contributed by atoms with van der Waals surface area (Å²) in [6, 6.07) is 3.56. The van der Waals surface area contributed by atoms with E-state index in [0.29, 0.717) is 17.1 Å². The predicted octanol–water partition coefficient (Wildman–Crippen LogP) is 1.67. The molecule has 0 unspecified atom stereocenters. The van der Waals surface area contributed by atoms with Crippen molar-refractivity contribution in [1.29, 1.82) is 0 Å². The van der Waals surface area contributed by atoms with Gasteiger partial charge in [0.2, 0.25) is 0 Å². The largest absolute Gasteiger partial charge is 0.298 e. The Bertz CT molecular complexity index is 473. The SMILES string of the molecule is CC(C)c1nnc2c(C=O)cccn12. The Hall–Kier alpha value is -1.71. The molecule has 2 aromatic rings. The van der Waals surface area contributed by atoms with E-state index in [1.54, 1.807) is 6.07 Å². The maximum Gasteiger partial charge on any atom is 0.171 e. The topological polar surface area (TPSA) is 47.3 Å². The number of rotatable bonds is 2. The van der Waals surface area contributed by atoms with E-state index in [1.807, 2.05) is 30.5 Å². The Morgan fingerprint density at radius 1 is 1.43 bits per heavy atom. The normalized spacial score (nSPS) is 11.1. The number of hydrogen-bond donors (Lipinski definition) is 0. The first-order valence-corrected chi connectivity index (χ1v) is 4.53. The van der Waals surface area contributed by atoms with Gasteiger partial charge in [-0.3, -0.25) is 9.20 Å². The zero-order valence-electron chi connectivity index (χ0n) is 8.14. The lowest BCUT2D eigenvalue weighted by atomic mass is 10.2. The summed E-state index contributed by atoms with van der Waals surface area (Å²) in [5.41, 5.74) is 1.21. The van der Waals surface area contributed by atoms with Crippen LogP contribution in [0.3, 0.4) is 0 Å². The number of hydrogen-bond acceptors (Lipinski definition) is 3. The number of fused-ring (bicyclic) bond motifs is 1. The molecular formula is C10H11N3O. The quantitative estimate of drug-likeness (QED) is 0.675. The minimum Gasteiger partial charge on any atom is -0.298 e. The van der Waals surface area contributed by atoms with Crippen molar-refractivity contribution in [1.82, 2.24) is 14.6 Å². The molecule has 0 N–H and O–H groups in total. The van der Waals surface area contributed by atoms with Gasteiger partial charge in [0.25, 0.3) is 0 Å². The summed E-state index contributed by atoms with van der Waals surface area (Å²) in [5.74, 6) is 1.18. The summed E-state index contributed by atoms with van der Waals surface area (Å²) in [7, 11) is 0. The molecule has 4 nitrogen and oxygen atoms in total. The van der Waals surface area contributed by atoms with Crippen molar-refractivity contribution >= 4 is 11.9 Å². The summed E-state index contributed by atoms with van der Waals surface area (Å²) >= 11 is 0. The monoisotopic (exact) mass is 189 g/mol. The molecule has 2 heterocycles. The maximum atomic E-state index is 10.7. The van der Waals surface area contributed by atoms with Gasteiger partial charge in [-0.2, -0.15) is 0 Å². The van der Waals surface area contributed by atoms with E-state index in [9.17, 15) is 4.79 Å². The van der Waals surface area contributed by atoms with E-state index in [1.165, 1.54) is 0 Å². The van der Waals surface area contributed by atoms with Crippen LogP contribution in [0.15, 0.2) is 18.3 Å². The fourth-order valence-corrected chi connectivity index (χ4v) is 1.44. The molecule has 0 fully saturated rings. The first-order chi connectivity index (χ1) is 6.74. The highest BCUT2D eigenvalue weighted by atomic mass is 16.1. The van der Waals surface area contributed by atoms with Gasteiger partial charge in [0.05, 0.1) is 5.56 Å². The van der Waals surface area contributed by atoms with Crippen LogP contribution >= 0.6 is 0 Å². The lowest BCUT2D eigenvalue weighted by Crippen LogP contribution is -1.97. The Morgan fingerprint density at radius 3 is 2.86 bits per heavy atom. The lowest BCUT2D eigenvalue weighted by molar-refractivity contribution is 0.112. The van der Waals surface area contributed by atoms with Gasteiger partial charge in [-0.15, -0.1) is 10.2 Å². The number of carbonyl (C=O) groups is 1. The predicted molar refractivity (Wildman–Crippen MR) is 52.5 cm³/mol. The number of carbonyl (C=O) groups excluding carboxylic acids is 1. The van der Waals surface area contributed by atoms with Gasteiger partial charge < -0.3 is 0 Å². The minimum absolute atomic E-state index is 0.298. The van der Waals surface area contributed by atoms with Crippen molar-refractivity contribution in [3.63, 3.8) is 0 Å². The lowest BCUT2D eigenvalue weighted by Gasteiger charge is -2.02. The Morgan fingerprint density at radius 2 is 2.21 bits per heavy atom. The van der Waals surface area contributed by atoms with Crippen LogP contribution in [0.2, 0.25) is 0 Å². The number of aromatic nitrogens is 3. The summed E-state index contributed by atoms with van der Waals surface area (Å²) in [6.07, 6.45) is 2.67. The standard InChI is InChI=1S/C10H11N3O/c1-7(2)9-11-12-10-8(6-14)4-3-5-13(9)10/h3-7H,1-2H3. The zero-order valence-corrected chi connectivity index (χ0v) is 8.14. The molecule has 4 heteroatoms. The second-order valence-electron chi connectivity index (χ2n) is 3.49. The molecule has 72 valence electrons. The third-order valence-electron chi connectivity index (χ3n) is 2.13. The summed E-state index contributed by atoms with van der Waals surface area (Å²) in [5, 5.41) is 8.05. The fourth-order valence-electron chi connectivity index (χ4n) is 1.44. The molecule has 0 radical (unpaired) electrons. The Kier molecular flexibility index (Phi) is 2.04. The molecule has 0 aliphatic carbocycles. The van der Waals surface area contributed by atoms with E-state index < -0.39 is 0 Å². The first kappa shape index (κ1) is 8.87. The molecule has 14 heavy (non-hydrogen) atoms. The van der Waals surface area contributed by atoms with Crippen molar-refractivity contribution in [3.8, 4) is 0 Å². The molecule has 2 aromatic heterocycles. The van der Waals surface area contributed by atoms with Crippen LogP contribution in [-0.2, 0) is 0 Å². The molecule has 0 saturated carbocycles. The van der Waals surface area contributed by atoms with Crippen LogP contribution in [0.1, 0.15) is 35.9 Å². The summed E-state index contributed by atoms with van der Waals surface area (Å²) in [4.78, 5) is 10.7. The molecule has 0 aromatic carbocycles. The molecule has 0 aliphatic heterocycles. The van der Waals surface area contributed by atoms with Gasteiger partial charge in [-0.05, 0) is 12.1 Å². The molecular weight excluding hydrogens is 178 g/mol. The van der Waals surface area contributed by atoms with Crippen LogP contribution in [0.5, 0.6) is 0 Å². The third-order valence-corrected chi connectivity index (χ3v) is 2.13. The van der Waals surface area contributed by atoms with E-state index in [4.69, 9.17) is 0 Å². The number of aldehydes is 1. The van der Waals surface area contributed by atoms with Gasteiger partial charge in [0.15, 0.2) is 11.9 Å². The van der Waals surface area contributed by atoms with Crippen molar-refractivity contribution in [2.75, 3.05) is 0 Å². The van der Waals surface area contributed by atoms with Crippen LogP contribution in [-0.4, -0.2) is 20.9 Å². The van der Waals surface area contributed by atoms with Crippen LogP contribution < -0.4 is 0 Å². The molecule has 0 aliphatic rings.